The van der Waals surface area contributed by atoms with Crippen LogP contribution in [0.1, 0.15) is 13.3 Å². The highest BCUT2D eigenvalue weighted by Crippen LogP contribution is 2.48. The van der Waals surface area contributed by atoms with Crippen molar-refractivity contribution in [2.24, 2.45) is 0 Å². The second-order valence-corrected chi connectivity index (χ2v) is 33.7. The van der Waals surface area contributed by atoms with Gasteiger partial charge >= 0.3 is 76.4 Å². The Balaban J connectivity index is 1.59. The molecule has 36 heavy (non-hydrogen) atoms. The molecule has 6 fully saturated rings. The fourth-order valence-electron chi connectivity index (χ4n) is 5.11. The van der Waals surface area contributed by atoms with Gasteiger partial charge in [-0.2, -0.15) is 0 Å². The van der Waals surface area contributed by atoms with Crippen molar-refractivity contribution in [2.45, 2.75) is 65.2 Å². The lowest BCUT2D eigenvalue weighted by Crippen LogP contribution is -2.86. The largest absolute Gasteiger partial charge is 0.478 e. The molecular weight excluding hydrogens is 617 g/mol. The van der Waals surface area contributed by atoms with Gasteiger partial charge in [0, 0.05) is 57.4 Å². The third kappa shape index (κ3) is 5.41. The highest BCUT2D eigenvalue weighted by Gasteiger charge is 2.78. The summed E-state index contributed by atoms with van der Waals surface area (Å²) in [7, 11) is -28.7. The molecule has 0 aromatic carbocycles. The zero-order valence-electron chi connectivity index (χ0n) is 21.5. The first-order valence-electron chi connectivity index (χ1n) is 11.6. The van der Waals surface area contributed by atoms with Gasteiger partial charge in [-0.3, -0.25) is 0 Å². The van der Waals surface area contributed by atoms with E-state index in [-0.39, 0.29) is 12.7 Å². The first-order valence-corrected chi connectivity index (χ1v) is 29.1. The summed E-state index contributed by atoms with van der Waals surface area (Å²) in [5.74, 6) is -0.482. The van der Waals surface area contributed by atoms with Crippen molar-refractivity contribution in [3.63, 3.8) is 0 Å². The summed E-state index contributed by atoms with van der Waals surface area (Å²) >= 11 is 0. The van der Waals surface area contributed by atoms with E-state index >= 15 is 0 Å². The molecular formula is C14H32O14Si8. The van der Waals surface area contributed by atoms with Crippen molar-refractivity contribution in [2.75, 3.05) is 6.61 Å². The van der Waals surface area contributed by atoms with Gasteiger partial charge in [0.05, 0.1) is 6.61 Å². The Labute approximate surface area is 218 Å². The third-order valence-electron chi connectivity index (χ3n) is 5.57. The molecule has 0 amide bonds. The van der Waals surface area contributed by atoms with Crippen LogP contribution in [0, 0.1) is 0 Å². The van der Waals surface area contributed by atoms with Crippen LogP contribution in [0.3, 0.4) is 0 Å². The van der Waals surface area contributed by atoms with Crippen molar-refractivity contribution >= 4 is 76.4 Å². The number of hydrogen-bond donors (Lipinski definition) is 0. The van der Waals surface area contributed by atoms with Crippen molar-refractivity contribution in [3.05, 3.63) is 12.2 Å². The maximum Gasteiger partial charge on any atom is 0.478 e. The Morgan fingerprint density at radius 2 is 0.861 bits per heavy atom. The van der Waals surface area contributed by atoms with Gasteiger partial charge in [-0.25, -0.2) is 4.79 Å². The van der Waals surface area contributed by atoms with Gasteiger partial charge in [-0.15, -0.1) is 0 Å². The van der Waals surface area contributed by atoms with Crippen LogP contribution in [0.4, 0.5) is 0 Å². The Morgan fingerprint density at radius 1 is 0.583 bits per heavy atom. The summed E-state index contributed by atoms with van der Waals surface area (Å²) in [6, 6.07) is 0.236. The second kappa shape index (κ2) is 8.48. The smallest absolute Gasteiger partial charge is 0.462 e. The summed E-state index contributed by atoms with van der Waals surface area (Å²) in [5.41, 5.74) is 0.308. The summed E-state index contributed by atoms with van der Waals surface area (Å²) in [6.07, 6.45) is 0.358. The maximum absolute atomic E-state index is 11.9. The SMILES string of the molecule is C=C(C)C(=O)OCCC[Si]12O[Si]3(C)O[Si]4(C)O[Si]5(C)O[Si](C)(O3)O[Si](C)(O[Si](C)(O5)O[Si](C)(O4)O1)O2. The number of carbonyl (C=O) groups excluding carboxylic acids is 1. The van der Waals surface area contributed by atoms with Gasteiger partial charge in [0.2, 0.25) is 0 Å². The van der Waals surface area contributed by atoms with Crippen molar-refractivity contribution in [3.8, 4) is 0 Å². The van der Waals surface area contributed by atoms with Crippen LogP contribution >= 0.6 is 0 Å². The molecule has 8 bridgehead atoms. The molecule has 0 unspecified atom stereocenters. The van der Waals surface area contributed by atoms with Gasteiger partial charge in [-0.1, -0.05) is 6.58 Å². The highest BCUT2D eigenvalue weighted by molar-refractivity contribution is 7.02. The highest BCUT2D eigenvalue weighted by atomic mass is 28.6. The quantitative estimate of drug-likeness (QED) is 0.185. The molecule has 0 saturated carbocycles. The molecule has 14 nitrogen and oxygen atoms in total. The molecule has 6 saturated heterocycles. The monoisotopic (exact) mass is 648 g/mol. The first kappa shape index (κ1) is 28.0. The lowest BCUT2D eigenvalue weighted by atomic mass is 10.4. The van der Waals surface area contributed by atoms with E-state index in [0.29, 0.717) is 12.0 Å². The number of esters is 1. The minimum Gasteiger partial charge on any atom is -0.462 e. The second-order valence-electron chi connectivity index (χ2n) is 9.96. The first-order chi connectivity index (χ1) is 16.3. The van der Waals surface area contributed by atoms with E-state index in [1.807, 2.05) is 0 Å². The average Bonchev–Trinajstić information content (AvgIpc) is 2.56. The van der Waals surface area contributed by atoms with E-state index in [0.717, 1.165) is 0 Å². The normalized spacial score (nSPS) is 53.7. The van der Waals surface area contributed by atoms with Gasteiger partial charge in [0.15, 0.2) is 0 Å². The predicted octanol–water partition coefficient (Wildman–Crippen LogP) is 1.68. The Hall–Kier alpha value is 0.465. The molecule has 0 N–H and O–H groups in total. The maximum atomic E-state index is 11.9. The number of carbonyl (C=O) groups is 1. The van der Waals surface area contributed by atoms with E-state index in [9.17, 15) is 4.79 Å². The van der Waals surface area contributed by atoms with E-state index in [2.05, 4.69) is 6.58 Å². The number of ether oxygens (including phenoxy) is 1. The van der Waals surface area contributed by atoms with Crippen LogP contribution in [-0.2, 0) is 58.9 Å². The molecule has 0 aromatic rings. The summed E-state index contributed by atoms with van der Waals surface area (Å²) in [6.45, 7) is 17.3. The van der Waals surface area contributed by atoms with Gasteiger partial charge in [-0.05, 0) is 13.3 Å². The molecule has 204 valence electrons. The molecule has 0 radical (unpaired) electrons. The molecule has 6 aliphatic rings. The van der Waals surface area contributed by atoms with Gasteiger partial charge in [0.1, 0.15) is 0 Å². The molecule has 0 spiro atoms. The fraction of sp³-hybridized carbons (Fsp3) is 0.786. The van der Waals surface area contributed by atoms with Crippen LogP contribution in [0.25, 0.3) is 0 Å². The van der Waals surface area contributed by atoms with E-state index in [4.69, 9.17) is 54.1 Å². The Morgan fingerprint density at radius 3 is 1.14 bits per heavy atom. The topological polar surface area (TPSA) is 137 Å². The Kier molecular flexibility index (Phi) is 6.60. The molecule has 0 atom stereocenters. The van der Waals surface area contributed by atoms with Crippen LogP contribution < -0.4 is 0 Å². The van der Waals surface area contributed by atoms with Crippen molar-refractivity contribution in [1.29, 1.82) is 0 Å². The average molecular weight is 649 g/mol. The van der Waals surface area contributed by atoms with Crippen LogP contribution in [0.15, 0.2) is 12.2 Å². The number of rotatable bonds is 5. The molecule has 22 heteroatoms. The minimum atomic E-state index is -3.76. The minimum absolute atomic E-state index is 0.0984. The summed E-state index contributed by atoms with van der Waals surface area (Å²) in [4.78, 5) is 11.9. The summed E-state index contributed by atoms with van der Waals surface area (Å²) in [5, 5.41) is 0. The molecule has 0 aliphatic carbocycles. The van der Waals surface area contributed by atoms with E-state index in [1.54, 1.807) is 52.8 Å². The lowest BCUT2D eigenvalue weighted by Gasteiger charge is -2.60. The zero-order valence-corrected chi connectivity index (χ0v) is 29.5. The van der Waals surface area contributed by atoms with Gasteiger partial charge in [0.25, 0.3) is 0 Å². The van der Waals surface area contributed by atoms with E-state index in [1.165, 1.54) is 0 Å². The molecule has 0 aromatic heterocycles. The third-order valence-corrected chi connectivity index (χ3v) is 41.4. The predicted molar refractivity (Wildman–Crippen MR) is 135 cm³/mol. The summed E-state index contributed by atoms with van der Waals surface area (Å²) < 4.78 is 84.0. The number of hydrogen-bond acceptors (Lipinski definition) is 14. The van der Waals surface area contributed by atoms with Crippen molar-refractivity contribution < 1.29 is 58.9 Å². The van der Waals surface area contributed by atoms with Crippen LogP contribution in [-0.4, -0.2) is 83.0 Å². The van der Waals surface area contributed by atoms with Crippen LogP contribution in [0.5, 0.6) is 0 Å². The Bertz CT molecular complexity index is 872. The van der Waals surface area contributed by atoms with Crippen LogP contribution in [0.2, 0.25) is 51.9 Å². The standard InChI is InChI=1S/C14H32O14Si8/c1-13(2)14(15)16-11-10-12-36-26-33(7)20-30(4)17-29(3)18-31(5,22-33)24-35(9,28-36)25-32(6,19-29)23-34(8,21-30)27-36/h1,10-12H2,2-9H3. The van der Waals surface area contributed by atoms with Gasteiger partial charge < -0.3 is 54.1 Å². The van der Waals surface area contributed by atoms with E-state index < -0.39 is 76.4 Å². The molecule has 6 heterocycles. The fourth-order valence-corrected chi connectivity index (χ4v) is 50.9. The van der Waals surface area contributed by atoms with Crippen molar-refractivity contribution in [1.82, 2.24) is 0 Å². The molecule has 6 aliphatic heterocycles. The zero-order chi connectivity index (χ0) is 26.5. The lowest BCUT2D eigenvalue weighted by molar-refractivity contribution is -0.139. The molecule has 6 rings (SSSR count).